The minimum absolute atomic E-state index is 0.791. The number of halogens is 1. The zero-order valence-electron chi connectivity index (χ0n) is 10.8. The summed E-state index contributed by atoms with van der Waals surface area (Å²) in [5.74, 6) is 1.58. The van der Waals surface area contributed by atoms with Crippen LogP contribution in [0.4, 0.5) is 5.69 Å². The van der Waals surface area contributed by atoms with Crippen molar-refractivity contribution in [1.82, 2.24) is 5.32 Å². The Bertz CT molecular complexity index is 382. The molecule has 1 N–H and O–H groups in total. The lowest BCUT2D eigenvalue weighted by Gasteiger charge is -2.20. The summed E-state index contributed by atoms with van der Waals surface area (Å²) in [6, 6.07) is 6.67. The molecule has 0 spiro atoms. The van der Waals surface area contributed by atoms with Gasteiger partial charge < -0.3 is 10.2 Å². The van der Waals surface area contributed by atoms with Gasteiger partial charge in [0.25, 0.3) is 0 Å². The molecule has 94 valence electrons. The van der Waals surface area contributed by atoms with Crippen LogP contribution in [0.5, 0.6) is 0 Å². The van der Waals surface area contributed by atoms with Gasteiger partial charge in [-0.25, -0.2) is 0 Å². The Kier molecular flexibility index (Phi) is 4.10. The van der Waals surface area contributed by atoms with Crippen molar-refractivity contribution in [3.63, 3.8) is 0 Å². The maximum absolute atomic E-state index is 3.70. The molecule has 17 heavy (non-hydrogen) atoms. The zero-order valence-corrected chi connectivity index (χ0v) is 12.4. The van der Waals surface area contributed by atoms with Gasteiger partial charge in [-0.1, -0.05) is 19.9 Å². The van der Waals surface area contributed by atoms with Crippen LogP contribution in [0.15, 0.2) is 22.7 Å². The Morgan fingerprint density at radius 2 is 1.94 bits per heavy atom. The highest BCUT2D eigenvalue weighted by Crippen LogP contribution is 2.33. The molecule has 0 radical (unpaired) electrons. The first-order valence-electron chi connectivity index (χ1n) is 6.29. The average Bonchev–Trinajstić information content (AvgIpc) is 2.59. The van der Waals surface area contributed by atoms with Gasteiger partial charge in [-0.2, -0.15) is 0 Å². The van der Waals surface area contributed by atoms with Gasteiger partial charge in [-0.15, -0.1) is 0 Å². The van der Waals surface area contributed by atoms with Crippen molar-refractivity contribution in [3.8, 4) is 0 Å². The Hall–Kier alpha value is -0.540. The van der Waals surface area contributed by atoms with Crippen LogP contribution in [-0.2, 0) is 6.54 Å². The largest absolute Gasteiger partial charge is 0.370 e. The summed E-state index contributed by atoms with van der Waals surface area (Å²) in [5.41, 5.74) is 2.66. The number of rotatable bonds is 3. The predicted molar refractivity (Wildman–Crippen MR) is 77.4 cm³/mol. The molecule has 0 aliphatic carbocycles. The number of nitrogens with one attached hydrogen (secondary N) is 1. The van der Waals surface area contributed by atoms with Crippen molar-refractivity contribution in [2.45, 2.75) is 20.4 Å². The van der Waals surface area contributed by atoms with Crippen LogP contribution in [-0.4, -0.2) is 20.1 Å². The van der Waals surface area contributed by atoms with Crippen molar-refractivity contribution in [2.75, 3.05) is 25.0 Å². The van der Waals surface area contributed by atoms with E-state index in [1.54, 1.807) is 0 Å². The van der Waals surface area contributed by atoms with E-state index in [1.165, 1.54) is 28.8 Å². The number of anilines is 1. The van der Waals surface area contributed by atoms with Gasteiger partial charge in [0.15, 0.2) is 0 Å². The van der Waals surface area contributed by atoms with Crippen LogP contribution in [0.1, 0.15) is 19.4 Å². The molecule has 1 heterocycles. The number of hydrogen-bond acceptors (Lipinski definition) is 2. The van der Waals surface area contributed by atoms with E-state index in [0.29, 0.717) is 0 Å². The summed E-state index contributed by atoms with van der Waals surface area (Å²) in [4.78, 5) is 2.49. The van der Waals surface area contributed by atoms with E-state index in [1.807, 2.05) is 7.05 Å². The first-order chi connectivity index (χ1) is 8.11. The van der Waals surface area contributed by atoms with Crippen LogP contribution in [0, 0.1) is 11.8 Å². The average molecular weight is 297 g/mol. The Morgan fingerprint density at radius 1 is 1.29 bits per heavy atom. The molecule has 3 heteroatoms. The van der Waals surface area contributed by atoms with E-state index >= 15 is 0 Å². The SMILES string of the molecule is CNCc1ccc(N2CC(C)C(C)C2)c(Br)c1. The van der Waals surface area contributed by atoms with Crippen LogP contribution < -0.4 is 10.2 Å². The van der Waals surface area contributed by atoms with E-state index in [0.717, 1.165) is 18.4 Å². The zero-order chi connectivity index (χ0) is 12.4. The van der Waals surface area contributed by atoms with Crippen molar-refractivity contribution in [2.24, 2.45) is 11.8 Å². The summed E-state index contributed by atoms with van der Waals surface area (Å²) < 4.78 is 1.21. The third kappa shape index (κ3) is 2.83. The first kappa shape index (κ1) is 12.9. The summed E-state index contributed by atoms with van der Waals surface area (Å²) in [5, 5.41) is 3.18. The van der Waals surface area contributed by atoms with Gasteiger partial charge in [-0.05, 0) is 52.5 Å². The molecule has 2 nitrogen and oxygen atoms in total. The standard InChI is InChI=1S/C14H21BrN2/c1-10-8-17(9-11(10)2)14-5-4-12(7-16-3)6-13(14)15/h4-6,10-11,16H,7-9H2,1-3H3. The van der Waals surface area contributed by atoms with Gasteiger partial charge in [0, 0.05) is 24.1 Å². The normalized spacial score (nSPS) is 24.4. The maximum Gasteiger partial charge on any atom is 0.0511 e. The van der Waals surface area contributed by atoms with Gasteiger partial charge in [0.2, 0.25) is 0 Å². The minimum Gasteiger partial charge on any atom is -0.370 e. The molecular formula is C14H21BrN2. The lowest BCUT2D eigenvalue weighted by Crippen LogP contribution is -2.20. The number of hydrogen-bond donors (Lipinski definition) is 1. The van der Waals surface area contributed by atoms with Crippen LogP contribution in [0.2, 0.25) is 0 Å². The second-order valence-corrected chi connectivity index (χ2v) is 6.03. The molecule has 0 saturated carbocycles. The molecule has 0 aromatic heterocycles. The van der Waals surface area contributed by atoms with E-state index in [9.17, 15) is 0 Å². The molecule has 0 bridgehead atoms. The fraction of sp³-hybridized carbons (Fsp3) is 0.571. The van der Waals surface area contributed by atoms with E-state index < -0.39 is 0 Å². The molecular weight excluding hydrogens is 276 g/mol. The third-order valence-corrected chi connectivity index (χ3v) is 4.36. The Morgan fingerprint density at radius 3 is 2.47 bits per heavy atom. The van der Waals surface area contributed by atoms with Crippen molar-refractivity contribution in [3.05, 3.63) is 28.2 Å². The van der Waals surface area contributed by atoms with Gasteiger partial charge in [0.05, 0.1) is 5.69 Å². The van der Waals surface area contributed by atoms with Gasteiger partial charge in [-0.3, -0.25) is 0 Å². The Labute approximate surface area is 113 Å². The number of nitrogens with zero attached hydrogens (tertiary/aromatic N) is 1. The molecule has 2 rings (SSSR count). The lowest BCUT2D eigenvalue weighted by molar-refractivity contribution is 0.494. The highest BCUT2D eigenvalue weighted by atomic mass is 79.9. The summed E-state index contributed by atoms with van der Waals surface area (Å²) in [6.45, 7) is 7.95. The lowest BCUT2D eigenvalue weighted by atomic mass is 10.0. The fourth-order valence-corrected chi connectivity index (χ4v) is 3.12. The molecule has 1 fully saturated rings. The molecule has 2 unspecified atom stereocenters. The quantitative estimate of drug-likeness (QED) is 0.921. The van der Waals surface area contributed by atoms with Crippen LogP contribution in [0.3, 0.4) is 0 Å². The highest BCUT2D eigenvalue weighted by molar-refractivity contribution is 9.10. The molecule has 1 aromatic carbocycles. The van der Waals surface area contributed by atoms with Gasteiger partial charge >= 0.3 is 0 Å². The Balaban J connectivity index is 2.17. The van der Waals surface area contributed by atoms with E-state index in [2.05, 4.69) is 58.2 Å². The monoisotopic (exact) mass is 296 g/mol. The van der Waals surface area contributed by atoms with Crippen LogP contribution in [0.25, 0.3) is 0 Å². The van der Waals surface area contributed by atoms with E-state index in [-0.39, 0.29) is 0 Å². The van der Waals surface area contributed by atoms with Crippen LogP contribution >= 0.6 is 15.9 Å². The fourth-order valence-electron chi connectivity index (χ4n) is 2.45. The molecule has 1 aliphatic rings. The summed E-state index contributed by atoms with van der Waals surface area (Å²) >= 11 is 3.70. The van der Waals surface area contributed by atoms with Crippen molar-refractivity contribution in [1.29, 1.82) is 0 Å². The molecule has 1 aliphatic heterocycles. The molecule has 1 saturated heterocycles. The molecule has 2 atom stereocenters. The molecule has 1 aromatic rings. The first-order valence-corrected chi connectivity index (χ1v) is 7.09. The summed E-state index contributed by atoms with van der Waals surface area (Å²) in [7, 11) is 1.98. The second-order valence-electron chi connectivity index (χ2n) is 5.18. The predicted octanol–water partition coefficient (Wildman–Crippen LogP) is 3.26. The molecule has 0 amide bonds. The maximum atomic E-state index is 3.70. The highest BCUT2D eigenvalue weighted by Gasteiger charge is 2.27. The second kappa shape index (κ2) is 5.40. The smallest absolute Gasteiger partial charge is 0.0511 e. The van der Waals surface area contributed by atoms with Crippen molar-refractivity contribution >= 4 is 21.6 Å². The summed E-state index contributed by atoms with van der Waals surface area (Å²) in [6.07, 6.45) is 0. The third-order valence-electron chi connectivity index (χ3n) is 3.72. The van der Waals surface area contributed by atoms with E-state index in [4.69, 9.17) is 0 Å². The van der Waals surface area contributed by atoms with Crippen molar-refractivity contribution < 1.29 is 0 Å². The van der Waals surface area contributed by atoms with Gasteiger partial charge in [0.1, 0.15) is 0 Å². The topological polar surface area (TPSA) is 15.3 Å². The number of benzene rings is 1. The minimum atomic E-state index is 0.791.